The number of halogens is 2. The van der Waals surface area contributed by atoms with Crippen LogP contribution in [0.3, 0.4) is 0 Å². The maximum atomic E-state index is 13.8. The van der Waals surface area contributed by atoms with Crippen LogP contribution in [0.5, 0.6) is 0 Å². The number of likely N-dealkylation sites (tertiary alicyclic amines) is 1. The molecule has 1 saturated heterocycles. The molecule has 0 bridgehead atoms. The summed E-state index contributed by atoms with van der Waals surface area (Å²) in [5, 5.41) is 9.04. The van der Waals surface area contributed by atoms with E-state index < -0.39 is 23.9 Å². The highest BCUT2D eigenvalue weighted by Gasteiger charge is 2.60. The summed E-state index contributed by atoms with van der Waals surface area (Å²) in [6, 6.07) is 0. The number of nitrogens with zero attached hydrogens (tertiary/aromatic N) is 1. The van der Waals surface area contributed by atoms with Crippen LogP contribution in [0.2, 0.25) is 0 Å². The molecule has 1 atom stereocenters. The van der Waals surface area contributed by atoms with Crippen molar-refractivity contribution in [1.29, 1.82) is 0 Å². The van der Waals surface area contributed by atoms with Crippen molar-refractivity contribution in [2.45, 2.75) is 32.1 Å². The van der Waals surface area contributed by atoms with E-state index >= 15 is 0 Å². The van der Waals surface area contributed by atoms with Crippen LogP contribution in [0.25, 0.3) is 0 Å². The van der Waals surface area contributed by atoms with Crippen LogP contribution in [0.4, 0.5) is 8.78 Å². The van der Waals surface area contributed by atoms with Gasteiger partial charge < -0.3 is 10.0 Å². The largest absolute Gasteiger partial charge is 0.481 e. The predicted molar refractivity (Wildman–Crippen MR) is 52.0 cm³/mol. The molecule has 0 aliphatic carbocycles. The number of aliphatic carboxylic acids is 1. The number of alkyl halides is 2. The Bertz CT molecular complexity index is 258. The standard InChI is InChI=1S/C10H17F2NO2/c1-3-4-9(8(14)15)5-6-13(2)7-10(9,11)12/h3-7H2,1-2H3,(H,14,15). The van der Waals surface area contributed by atoms with Crippen LogP contribution in [-0.4, -0.2) is 42.0 Å². The average molecular weight is 221 g/mol. The van der Waals surface area contributed by atoms with Gasteiger partial charge in [-0.05, 0) is 26.4 Å². The van der Waals surface area contributed by atoms with E-state index in [0.29, 0.717) is 13.0 Å². The van der Waals surface area contributed by atoms with Crippen LogP contribution >= 0.6 is 0 Å². The summed E-state index contributed by atoms with van der Waals surface area (Å²) in [6.45, 7) is 1.69. The van der Waals surface area contributed by atoms with E-state index in [2.05, 4.69) is 0 Å². The van der Waals surface area contributed by atoms with Crippen molar-refractivity contribution < 1.29 is 18.7 Å². The first kappa shape index (κ1) is 12.4. The summed E-state index contributed by atoms with van der Waals surface area (Å²) in [5.41, 5.74) is -1.85. The van der Waals surface area contributed by atoms with Crippen molar-refractivity contribution in [2.75, 3.05) is 20.1 Å². The van der Waals surface area contributed by atoms with Gasteiger partial charge in [-0.3, -0.25) is 4.79 Å². The fourth-order valence-corrected chi connectivity index (χ4v) is 2.24. The summed E-state index contributed by atoms with van der Waals surface area (Å²) in [4.78, 5) is 12.6. The molecule has 0 aromatic carbocycles. The van der Waals surface area contributed by atoms with Crippen LogP contribution in [0.1, 0.15) is 26.2 Å². The van der Waals surface area contributed by atoms with Gasteiger partial charge in [-0.15, -0.1) is 0 Å². The molecule has 3 nitrogen and oxygen atoms in total. The fraction of sp³-hybridized carbons (Fsp3) is 0.900. The molecule has 1 aliphatic rings. The lowest BCUT2D eigenvalue weighted by Gasteiger charge is -2.43. The molecular weight excluding hydrogens is 204 g/mol. The molecule has 5 heteroatoms. The molecule has 1 aliphatic heterocycles. The molecule has 0 aromatic heterocycles. The van der Waals surface area contributed by atoms with Gasteiger partial charge in [0.05, 0.1) is 6.54 Å². The lowest BCUT2D eigenvalue weighted by Crippen LogP contribution is -2.58. The minimum Gasteiger partial charge on any atom is -0.481 e. The molecule has 15 heavy (non-hydrogen) atoms. The summed E-state index contributed by atoms with van der Waals surface area (Å²) in [5.74, 6) is -4.50. The highest BCUT2D eigenvalue weighted by Crippen LogP contribution is 2.47. The molecule has 1 N–H and O–H groups in total. The van der Waals surface area contributed by atoms with Gasteiger partial charge >= 0.3 is 5.97 Å². The normalized spacial score (nSPS) is 31.5. The van der Waals surface area contributed by atoms with Crippen LogP contribution in [-0.2, 0) is 4.79 Å². The van der Waals surface area contributed by atoms with Crippen molar-refractivity contribution in [3.8, 4) is 0 Å². The zero-order valence-electron chi connectivity index (χ0n) is 9.09. The van der Waals surface area contributed by atoms with Gasteiger partial charge in [-0.25, -0.2) is 8.78 Å². The Morgan fingerprint density at radius 3 is 2.53 bits per heavy atom. The average Bonchev–Trinajstić information content (AvgIpc) is 2.08. The SMILES string of the molecule is CCCC1(C(=O)O)CCN(C)CC1(F)F. The van der Waals surface area contributed by atoms with Gasteiger partial charge in [0.25, 0.3) is 5.92 Å². The summed E-state index contributed by atoms with van der Waals surface area (Å²) in [7, 11) is 1.59. The third kappa shape index (κ3) is 1.97. The van der Waals surface area contributed by atoms with E-state index in [1.807, 2.05) is 0 Å². The number of carbonyl (C=O) groups is 1. The first-order valence-electron chi connectivity index (χ1n) is 5.15. The second kappa shape index (κ2) is 4.04. The first-order valence-corrected chi connectivity index (χ1v) is 5.15. The molecule has 1 heterocycles. The minimum absolute atomic E-state index is 0.0275. The molecule has 0 amide bonds. The Morgan fingerprint density at radius 1 is 1.53 bits per heavy atom. The van der Waals surface area contributed by atoms with E-state index in [1.165, 1.54) is 4.90 Å². The summed E-state index contributed by atoms with van der Waals surface area (Å²) < 4.78 is 27.6. The fourth-order valence-electron chi connectivity index (χ4n) is 2.24. The zero-order valence-corrected chi connectivity index (χ0v) is 9.09. The van der Waals surface area contributed by atoms with Crippen LogP contribution in [0.15, 0.2) is 0 Å². The Labute approximate surface area is 88.1 Å². The van der Waals surface area contributed by atoms with Crippen LogP contribution < -0.4 is 0 Å². The molecule has 1 fully saturated rings. The maximum Gasteiger partial charge on any atom is 0.315 e. The van der Waals surface area contributed by atoms with E-state index in [4.69, 9.17) is 5.11 Å². The number of carboxylic acid groups (broad SMARTS) is 1. The molecule has 0 spiro atoms. The van der Waals surface area contributed by atoms with E-state index in [1.54, 1.807) is 14.0 Å². The zero-order chi connectivity index (χ0) is 11.7. The highest BCUT2D eigenvalue weighted by atomic mass is 19.3. The van der Waals surface area contributed by atoms with Gasteiger partial charge in [0.2, 0.25) is 0 Å². The van der Waals surface area contributed by atoms with E-state index in [9.17, 15) is 13.6 Å². The number of carboxylic acids is 1. The maximum absolute atomic E-state index is 13.8. The molecule has 1 unspecified atom stereocenters. The molecule has 88 valence electrons. The molecule has 1 rings (SSSR count). The van der Waals surface area contributed by atoms with Gasteiger partial charge in [0, 0.05) is 0 Å². The van der Waals surface area contributed by atoms with Crippen molar-refractivity contribution >= 4 is 5.97 Å². The monoisotopic (exact) mass is 221 g/mol. The Kier molecular flexibility index (Phi) is 3.33. The smallest absolute Gasteiger partial charge is 0.315 e. The van der Waals surface area contributed by atoms with E-state index in [-0.39, 0.29) is 12.8 Å². The minimum atomic E-state index is -3.14. The number of hydrogen-bond acceptors (Lipinski definition) is 2. The summed E-state index contributed by atoms with van der Waals surface area (Å²) >= 11 is 0. The topological polar surface area (TPSA) is 40.5 Å². The quantitative estimate of drug-likeness (QED) is 0.790. The van der Waals surface area contributed by atoms with Crippen molar-refractivity contribution in [3.63, 3.8) is 0 Å². The van der Waals surface area contributed by atoms with Gasteiger partial charge in [0.15, 0.2) is 0 Å². The lowest BCUT2D eigenvalue weighted by atomic mass is 9.72. The second-order valence-corrected chi connectivity index (χ2v) is 4.33. The Hall–Kier alpha value is -0.710. The third-order valence-corrected chi connectivity index (χ3v) is 3.18. The first-order chi connectivity index (χ1) is 6.85. The van der Waals surface area contributed by atoms with Crippen LogP contribution in [0, 0.1) is 5.41 Å². The number of rotatable bonds is 3. The van der Waals surface area contributed by atoms with E-state index in [0.717, 1.165) is 0 Å². The van der Waals surface area contributed by atoms with Crippen molar-refractivity contribution in [3.05, 3.63) is 0 Å². The molecular formula is C10H17F2NO2. The number of hydrogen-bond donors (Lipinski definition) is 1. The Balaban J connectivity index is 3.00. The number of piperidine rings is 1. The predicted octanol–water partition coefficient (Wildman–Crippen LogP) is 1.83. The highest BCUT2D eigenvalue weighted by molar-refractivity contribution is 5.76. The summed E-state index contributed by atoms with van der Waals surface area (Å²) in [6.07, 6.45) is 0.536. The third-order valence-electron chi connectivity index (χ3n) is 3.18. The Morgan fingerprint density at radius 2 is 2.13 bits per heavy atom. The van der Waals surface area contributed by atoms with Gasteiger partial charge in [-0.1, -0.05) is 13.3 Å². The second-order valence-electron chi connectivity index (χ2n) is 4.33. The van der Waals surface area contributed by atoms with Gasteiger partial charge in [0.1, 0.15) is 5.41 Å². The molecule has 0 saturated carbocycles. The van der Waals surface area contributed by atoms with Gasteiger partial charge in [-0.2, -0.15) is 0 Å². The van der Waals surface area contributed by atoms with Crippen molar-refractivity contribution in [1.82, 2.24) is 4.90 Å². The van der Waals surface area contributed by atoms with Crippen molar-refractivity contribution in [2.24, 2.45) is 5.41 Å². The molecule has 0 aromatic rings. The lowest BCUT2D eigenvalue weighted by molar-refractivity contribution is -0.198. The molecule has 0 radical (unpaired) electrons.